The molecule has 1 unspecified atom stereocenters. The number of hydrogen-bond donors (Lipinski definition) is 3. The van der Waals surface area contributed by atoms with Gasteiger partial charge in [-0.3, -0.25) is 14.4 Å². The Kier molecular flexibility index (Phi) is 5.63. The summed E-state index contributed by atoms with van der Waals surface area (Å²) in [7, 11) is 0. The molecular weight excluding hydrogens is 327 g/mol. The van der Waals surface area contributed by atoms with Crippen LogP contribution in [0.25, 0.3) is 0 Å². The minimum absolute atomic E-state index is 0.0359. The molecule has 0 bridgehead atoms. The van der Waals surface area contributed by atoms with E-state index in [1.807, 2.05) is 0 Å². The number of nitrogens with two attached hydrogens (primary N) is 1. The summed E-state index contributed by atoms with van der Waals surface area (Å²) in [5.74, 6) is -2.26. The summed E-state index contributed by atoms with van der Waals surface area (Å²) < 4.78 is 12.9. The Labute approximate surface area is 143 Å². The number of aromatic amines is 1. The van der Waals surface area contributed by atoms with E-state index in [0.717, 1.165) is 0 Å². The third kappa shape index (κ3) is 4.50. The van der Waals surface area contributed by atoms with Crippen molar-refractivity contribution in [3.63, 3.8) is 0 Å². The van der Waals surface area contributed by atoms with Gasteiger partial charge in [-0.25, -0.2) is 9.49 Å². The monoisotopic (exact) mass is 346 g/mol. The molecule has 1 heterocycles. The highest BCUT2D eigenvalue weighted by atomic mass is 19.1. The van der Waals surface area contributed by atoms with Crippen LogP contribution < -0.4 is 16.6 Å². The van der Waals surface area contributed by atoms with E-state index >= 15 is 0 Å². The summed E-state index contributed by atoms with van der Waals surface area (Å²) in [5, 5.41) is 8.60. The van der Waals surface area contributed by atoms with Gasteiger partial charge >= 0.3 is 0 Å². The Bertz CT molecular complexity index is 846. The number of halogens is 1. The number of amides is 2. The lowest BCUT2D eigenvalue weighted by atomic mass is 9.98. The second-order valence-electron chi connectivity index (χ2n) is 5.78. The fourth-order valence-corrected chi connectivity index (χ4v) is 2.38. The van der Waals surface area contributed by atoms with Gasteiger partial charge in [-0.2, -0.15) is 5.10 Å². The normalized spacial score (nSPS) is 11.8. The van der Waals surface area contributed by atoms with E-state index in [1.54, 1.807) is 26.0 Å². The minimum Gasteiger partial charge on any atom is -0.369 e. The maximum Gasteiger partial charge on any atom is 0.277 e. The zero-order valence-electron chi connectivity index (χ0n) is 13.9. The number of nitrogens with one attached hydrogen (secondary N) is 2. The summed E-state index contributed by atoms with van der Waals surface area (Å²) >= 11 is 0. The molecule has 2 aromatic rings. The van der Waals surface area contributed by atoms with E-state index in [9.17, 15) is 18.8 Å². The molecule has 2 rings (SSSR count). The molecule has 4 N–H and O–H groups in total. The molecule has 132 valence electrons. The van der Waals surface area contributed by atoms with Crippen LogP contribution in [0.5, 0.6) is 0 Å². The van der Waals surface area contributed by atoms with Gasteiger partial charge in [0, 0.05) is 6.54 Å². The van der Waals surface area contributed by atoms with Gasteiger partial charge in [-0.15, -0.1) is 0 Å². The summed E-state index contributed by atoms with van der Waals surface area (Å²) in [6.45, 7) is 3.26. The van der Waals surface area contributed by atoms with Gasteiger partial charge < -0.3 is 11.1 Å². The first-order valence-corrected chi connectivity index (χ1v) is 7.67. The van der Waals surface area contributed by atoms with Crippen molar-refractivity contribution < 1.29 is 14.0 Å². The molecule has 0 aliphatic rings. The lowest BCUT2D eigenvalue weighted by Gasteiger charge is -2.15. The second-order valence-corrected chi connectivity index (χ2v) is 5.78. The van der Waals surface area contributed by atoms with Crippen LogP contribution >= 0.6 is 0 Å². The van der Waals surface area contributed by atoms with Gasteiger partial charge in [-0.05, 0) is 43.5 Å². The molecule has 25 heavy (non-hydrogen) atoms. The van der Waals surface area contributed by atoms with Crippen LogP contribution in [-0.4, -0.2) is 28.6 Å². The fraction of sp³-hybridized carbons (Fsp3) is 0.294. The number of hydrogen-bond acceptors (Lipinski definition) is 4. The summed E-state index contributed by atoms with van der Waals surface area (Å²) in [5.41, 5.74) is 6.45. The van der Waals surface area contributed by atoms with E-state index in [0.29, 0.717) is 16.8 Å². The van der Waals surface area contributed by atoms with Gasteiger partial charge in [-0.1, -0.05) is 12.1 Å². The predicted octanol–water partition coefficient (Wildman–Crippen LogP) is 0.600. The van der Waals surface area contributed by atoms with Gasteiger partial charge in [0.2, 0.25) is 5.91 Å². The first-order valence-electron chi connectivity index (χ1n) is 7.67. The molecule has 0 spiro atoms. The lowest BCUT2D eigenvalue weighted by Crippen LogP contribution is -2.39. The summed E-state index contributed by atoms with van der Waals surface area (Å²) in [4.78, 5) is 35.8. The van der Waals surface area contributed by atoms with Gasteiger partial charge in [0.25, 0.3) is 11.5 Å². The topological polar surface area (TPSA) is 118 Å². The molecule has 0 fully saturated rings. The SMILES string of the molecule is Cc1n[nH]c(=O)c(C(=O)NCC(Cc2ccc(F)cc2)C(N)=O)c1C. The number of aryl methyl sites for hydroxylation is 1. The van der Waals surface area contributed by atoms with E-state index in [1.165, 1.54) is 12.1 Å². The molecule has 2 amide bonds. The average Bonchev–Trinajstić information content (AvgIpc) is 2.56. The number of benzene rings is 1. The number of carbonyl (C=O) groups is 2. The van der Waals surface area contributed by atoms with Crippen molar-refractivity contribution in [2.24, 2.45) is 11.7 Å². The average molecular weight is 346 g/mol. The Morgan fingerprint density at radius 1 is 1.28 bits per heavy atom. The maximum absolute atomic E-state index is 12.9. The summed E-state index contributed by atoms with van der Waals surface area (Å²) in [6, 6.07) is 5.67. The highest BCUT2D eigenvalue weighted by Crippen LogP contribution is 2.10. The largest absolute Gasteiger partial charge is 0.369 e. The first kappa shape index (κ1) is 18.3. The first-order chi connectivity index (χ1) is 11.8. The fourth-order valence-electron chi connectivity index (χ4n) is 2.38. The van der Waals surface area contributed by atoms with E-state index in [2.05, 4.69) is 15.5 Å². The van der Waals surface area contributed by atoms with Gasteiger partial charge in [0.15, 0.2) is 0 Å². The van der Waals surface area contributed by atoms with Crippen molar-refractivity contribution in [3.8, 4) is 0 Å². The van der Waals surface area contributed by atoms with Crippen LogP contribution in [0.2, 0.25) is 0 Å². The van der Waals surface area contributed by atoms with Crippen LogP contribution in [0, 0.1) is 25.6 Å². The van der Waals surface area contributed by atoms with E-state index in [-0.39, 0.29) is 24.3 Å². The van der Waals surface area contributed by atoms with Crippen LogP contribution in [0.1, 0.15) is 27.2 Å². The standard InChI is InChI=1S/C17H19FN4O3/c1-9-10(2)21-22-17(25)14(9)16(24)20-8-12(15(19)23)7-11-3-5-13(18)6-4-11/h3-6,12H,7-8H2,1-2H3,(H2,19,23)(H,20,24)(H,22,25). The van der Waals surface area contributed by atoms with Crippen LogP contribution in [0.15, 0.2) is 29.1 Å². The Morgan fingerprint density at radius 2 is 1.92 bits per heavy atom. The molecule has 0 aliphatic heterocycles. The third-order valence-corrected chi connectivity index (χ3v) is 4.00. The predicted molar refractivity (Wildman–Crippen MR) is 89.5 cm³/mol. The maximum atomic E-state index is 12.9. The number of primary amides is 1. The molecule has 7 nitrogen and oxygen atoms in total. The Morgan fingerprint density at radius 3 is 2.52 bits per heavy atom. The van der Waals surface area contributed by atoms with Crippen molar-refractivity contribution in [1.82, 2.24) is 15.5 Å². The Balaban J connectivity index is 2.10. The number of H-pyrrole nitrogens is 1. The number of carbonyl (C=O) groups excluding carboxylic acids is 2. The number of rotatable bonds is 6. The molecule has 0 saturated carbocycles. The highest BCUT2D eigenvalue weighted by molar-refractivity contribution is 5.95. The quantitative estimate of drug-likeness (QED) is 0.710. The molecule has 8 heteroatoms. The molecule has 0 radical (unpaired) electrons. The van der Waals surface area contributed by atoms with Crippen molar-refractivity contribution in [1.29, 1.82) is 0 Å². The zero-order valence-corrected chi connectivity index (χ0v) is 13.9. The van der Waals surface area contributed by atoms with Crippen molar-refractivity contribution in [2.45, 2.75) is 20.3 Å². The molecule has 0 aliphatic carbocycles. The van der Waals surface area contributed by atoms with Crippen molar-refractivity contribution in [3.05, 3.63) is 62.8 Å². The zero-order chi connectivity index (χ0) is 18.6. The molecule has 0 saturated heterocycles. The van der Waals surface area contributed by atoms with E-state index < -0.39 is 23.3 Å². The van der Waals surface area contributed by atoms with Crippen LogP contribution in [0.4, 0.5) is 4.39 Å². The molecule has 1 aromatic heterocycles. The number of nitrogens with zero attached hydrogens (tertiary/aromatic N) is 1. The minimum atomic E-state index is -0.684. The van der Waals surface area contributed by atoms with Gasteiger partial charge in [0.1, 0.15) is 11.4 Å². The molecule has 1 atom stereocenters. The highest BCUT2D eigenvalue weighted by Gasteiger charge is 2.20. The second kappa shape index (κ2) is 7.69. The molecular formula is C17H19FN4O3. The third-order valence-electron chi connectivity index (χ3n) is 4.00. The van der Waals surface area contributed by atoms with Crippen molar-refractivity contribution in [2.75, 3.05) is 6.54 Å². The summed E-state index contributed by atoms with van der Waals surface area (Å²) in [6.07, 6.45) is 0.251. The van der Waals surface area contributed by atoms with E-state index in [4.69, 9.17) is 5.73 Å². The number of aromatic nitrogens is 2. The molecule has 1 aromatic carbocycles. The lowest BCUT2D eigenvalue weighted by molar-refractivity contribution is -0.121. The van der Waals surface area contributed by atoms with Crippen LogP contribution in [-0.2, 0) is 11.2 Å². The van der Waals surface area contributed by atoms with Gasteiger partial charge in [0.05, 0.1) is 11.6 Å². The smallest absolute Gasteiger partial charge is 0.277 e. The van der Waals surface area contributed by atoms with Crippen molar-refractivity contribution >= 4 is 11.8 Å². The Hall–Kier alpha value is -3.03. The van der Waals surface area contributed by atoms with Crippen LogP contribution in [0.3, 0.4) is 0 Å².